The predicted octanol–water partition coefficient (Wildman–Crippen LogP) is 4.86. The highest BCUT2D eigenvalue weighted by atomic mass is 16.4. The Labute approximate surface area is 188 Å². The number of hydrogen-bond donors (Lipinski definition) is 0. The monoisotopic (exact) mass is 430 g/mol. The number of hydrogen-bond acceptors (Lipinski definition) is 4. The van der Waals surface area contributed by atoms with Crippen molar-refractivity contribution in [2.24, 2.45) is 0 Å². The van der Waals surface area contributed by atoms with E-state index in [0.29, 0.717) is 30.1 Å². The third-order valence-electron chi connectivity index (χ3n) is 7.03. The first-order chi connectivity index (χ1) is 15.6. The van der Waals surface area contributed by atoms with Crippen molar-refractivity contribution < 1.29 is 9.21 Å². The Balaban J connectivity index is 1.48. The summed E-state index contributed by atoms with van der Waals surface area (Å²) >= 11 is 0. The fourth-order valence-corrected chi connectivity index (χ4v) is 5.22. The van der Waals surface area contributed by atoms with Crippen molar-refractivity contribution in [2.45, 2.75) is 45.1 Å². The molecule has 2 fully saturated rings. The Morgan fingerprint density at radius 1 is 0.875 bits per heavy atom. The molecule has 2 aliphatic rings. The average molecular weight is 431 g/mol. The van der Waals surface area contributed by atoms with E-state index >= 15 is 0 Å². The molecule has 0 saturated carbocycles. The Morgan fingerprint density at radius 3 is 2.22 bits per heavy atom. The quantitative estimate of drug-likeness (QED) is 0.596. The number of amides is 1. The van der Waals surface area contributed by atoms with Crippen molar-refractivity contribution in [1.82, 2.24) is 9.80 Å². The molecule has 32 heavy (non-hydrogen) atoms. The number of aryl methyl sites for hydroxylation is 1. The van der Waals surface area contributed by atoms with Gasteiger partial charge in [-0.2, -0.15) is 0 Å². The van der Waals surface area contributed by atoms with Gasteiger partial charge in [-0.1, -0.05) is 54.4 Å². The van der Waals surface area contributed by atoms with E-state index in [-0.39, 0.29) is 11.7 Å². The van der Waals surface area contributed by atoms with Crippen LogP contribution in [0.5, 0.6) is 0 Å². The first kappa shape index (κ1) is 21.0. The van der Waals surface area contributed by atoms with Crippen LogP contribution in [0.3, 0.4) is 0 Å². The highest BCUT2D eigenvalue weighted by Crippen LogP contribution is 2.32. The number of nitrogens with zero attached hydrogens (tertiary/aromatic N) is 2. The molecule has 0 aliphatic carbocycles. The van der Waals surface area contributed by atoms with Crippen LogP contribution in [0.4, 0.5) is 0 Å². The Morgan fingerprint density at radius 2 is 1.53 bits per heavy atom. The molecule has 2 aromatic carbocycles. The van der Waals surface area contributed by atoms with Crippen LogP contribution in [0.15, 0.2) is 57.7 Å². The van der Waals surface area contributed by atoms with Crippen LogP contribution in [-0.4, -0.2) is 47.9 Å². The van der Waals surface area contributed by atoms with Crippen LogP contribution in [0.2, 0.25) is 0 Å². The highest BCUT2D eigenvalue weighted by Gasteiger charge is 2.31. The van der Waals surface area contributed by atoms with E-state index in [0.717, 1.165) is 29.4 Å². The molecule has 3 heterocycles. The minimum Gasteiger partial charge on any atom is -0.416 e. The van der Waals surface area contributed by atoms with Crippen LogP contribution in [0.25, 0.3) is 21.9 Å². The third-order valence-corrected chi connectivity index (χ3v) is 7.03. The topological polar surface area (TPSA) is 53.8 Å². The lowest BCUT2D eigenvalue weighted by molar-refractivity contribution is 0.0560. The number of rotatable bonds is 3. The van der Waals surface area contributed by atoms with E-state index in [9.17, 15) is 9.59 Å². The van der Waals surface area contributed by atoms with Gasteiger partial charge in [-0.15, -0.1) is 0 Å². The van der Waals surface area contributed by atoms with Crippen molar-refractivity contribution in [3.63, 3.8) is 0 Å². The van der Waals surface area contributed by atoms with Gasteiger partial charge in [0.05, 0.1) is 5.39 Å². The molecule has 0 spiro atoms. The molecular formula is C27H30N2O3. The molecule has 5 nitrogen and oxygen atoms in total. The molecule has 5 rings (SSSR count). The minimum atomic E-state index is -0.456. The molecule has 0 bridgehead atoms. The van der Waals surface area contributed by atoms with Crippen molar-refractivity contribution >= 4 is 16.7 Å². The largest absolute Gasteiger partial charge is 0.416 e. The molecule has 2 saturated heterocycles. The summed E-state index contributed by atoms with van der Waals surface area (Å²) in [6, 6.07) is 16.0. The minimum absolute atomic E-state index is 0.161. The van der Waals surface area contributed by atoms with Crippen molar-refractivity contribution in [3.8, 4) is 11.1 Å². The van der Waals surface area contributed by atoms with E-state index in [4.69, 9.17) is 4.42 Å². The summed E-state index contributed by atoms with van der Waals surface area (Å²) < 4.78 is 5.71. The molecule has 1 amide bonds. The van der Waals surface area contributed by atoms with Gasteiger partial charge >= 0.3 is 5.63 Å². The molecule has 0 radical (unpaired) electrons. The zero-order chi connectivity index (χ0) is 22.1. The third kappa shape index (κ3) is 3.97. The van der Waals surface area contributed by atoms with Gasteiger partial charge in [0.15, 0.2) is 0 Å². The first-order valence-electron chi connectivity index (χ1n) is 11.8. The molecule has 0 atom stereocenters. The zero-order valence-corrected chi connectivity index (χ0v) is 18.7. The molecule has 3 aromatic rings. The summed E-state index contributed by atoms with van der Waals surface area (Å²) in [4.78, 5) is 30.8. The molecule has 0 unspecified atom stereocenters. The van der Waals surface area contributed by atoms with Gasteiger partial charge in [-0.05, 0) is 57.3 Å². The lowest BCUT2D eigenvalue weighted by Gasteiger charge is -2.40. The van der Waals surface area contributed by atoms with Gasteiger partial charge < -0.3 is 14.2 Å². The van der Waals surface area contributed by atoms with Crippen molar-refractivity contribution in [2.75, 3.05) is 26.2 Å². The van der Waals surface area contributed by atoms with Crippen molar-refractivity contribution in [3.05, 3.63) is 70.3 Å². The molecule has 2 aliphatic heterocycles. The van der Waals surface area contributed by atoms with Gasteiger partial charge in [0.1, 0.15) is 0 Å². The van der Waals surface area contributed by atoms with E-state index < -0.39 is 5.63 Å². The molecular weight excluding hydrogens is 400 g/mol. The first-order valence-corrected chi connectivity index (χ1v) is 11.8. The smallest absolute Gasteiger partial charge is 0.344 e. The Hall–Kier alpha value is -2.92. The lowest BCUT2D eigenvalue weighted by atomic mass is 9.96. The summed E-state index contributed by atoms with van der Waals surface area (Å²) in [6.45, 7) is 5.78. The second kappa shape index (κ2) is 8.91. The van der Waals surface area contributed by atoms with Gasteiger partial charge in [0.25, 0.3) is 5.91 Å². The van der Waals surface area contributed by atoms with E-state index in [1.165, 1.54) is 32.4 Å². The van der Waals surface area contributed by atoms with Crippen LogP contribution < -0.4 is 5.63 Å². The lowest BCUT2D eigenvalue weighted by Crippen LogP contribution is -2.48. The van der Waals surface area contributed by atoms with Gasteiger partial charge in [0, 0.05) is 30.1 Å². The SMILES string of the molecule is Cc1ccc(-c2c(C(=O)N3CCC(N4CCCCC4)CC3)oc(=O)c3ccccc23)cc1. The highest BCUT2D eigenvalue weighted by molar-refractivity contribution is 6.07. The fraction of sp³-hybridized carbons (Fsp3) is 0.407. The molecule has 0 N–H and O–H groups in total. The average Bonchev–Trinajstić information content (AvgIpc) is 2.85. The fourth-order valence-electron chi connectivity index (χ4n) is 5.22. The van der Waals surface area contributed by atoms with E-state index in [1.807, 2.05) is 54.3 Å². The van der Waals surface area contributed by atoms with Crippen molar-refractivity contribution in [1.29, 1.82) is 0 Å². The second-order valence-corrected chi connectivity index (χ2v) is 9.13. The number of carbonyl (C=O) groups is 1. The number of piperidine rings is 2. The van der Waals surface area contributed by atoms with E-state index in [2.05, 4.69) is 4.90 Å². The zero-order valence-electron chi connectivity index (χ0n) is 18.7. The standard InChI is InChI=1S/C27H30N2O3/c1-19-9-11-20(12-10-19)24-22-7-3-4-8-23(22)27(31)32-25(24)26(30)29-17-13-21(14-18-29)28-15-5-2-6-16-28/h3-4,7-12,21H,2,5-6,13-18H2,1H3. The van der Waals surface area contributed by atoms with Crippen LogP contribution in [-0.2, 0) is 0 Å². The number of fused-ring (bicyclic) bond motifs is 1. The summed E-state index contributed by atoms with van der Waals surface area (Å²) in [5.74, 6) is -0.0190. The molecule has 5 heteroatoms. The summed E-state index contributed by atoms with van der Waals surface area (Å²) in [7, 11) is 0. The second-order valence-electron chi connectivity index (χ2n) is 9.13. The number of carbonyl (C=O) groups excluding carboxylic acids is 1. The van der Waals surface area contributed by atoms with Gasteiger partial charge in [-0.3, -0.25) is 4.79 Å². The maximum atomic E-state index is 13.6. The van der Waals surface area contributed by atoms with Crippen LogP contribution in [0, 0.1) is 6.92 Å². The van der Waals surface area contributed by atoms with Crippen LogP contribution >= 0.6 is 0 Å². The predicted molar refractivity (Wildman–Crippen MR) is 127 cm³/mol. The van der Waals surface area contributed by atoms with Crippen LogP contribution in [0.1, 0.15) is 48.2 Å². The maximum Gasteiger partial charge on any atom is 0.344 e. The van der Waals surface area contributed by atoms with E-state index in [1.54, 1.807) is 6.07 Å². The molecule has 166 valence electrons. The van der Waals surface area contributed by atoms with Gasteiger partial charge in [0.2, 0.25) is 5.76 Å². The Bertz CT molecular complexity index is 1170. The Kier molecular flexibility index (Phi) is 5.83. The summed E-state index contributed by atoms with van der Waals surface area (Å²) in [6.07, 6.45) is 5.84. The summed E-state index contributed by atoms with van der Waals surface area (Å²) in [5.41, 5.74) is 2.29. The number of benzene rings is 2. The maximum absolute atomic E-state index is 13.6. The van der Waals surface area contributed by atoms with Gasteiger partial charge in [-0.25, -0.2) is 4.79 Å². The summed E-state index contributed by atoms with van der Waals surface area (Å²) in [5, 5.41) is 1.27. The number of likely N-dealkylation sites (tertiary alicyclic amines) is 2. The normalized spacial score (nSPS) is 18.2. The molecule has 1 aromatic heterocycles.